The van der Waals surface area contributed by atoms with Crippen molar-refractivity contribution >= 4 is 39.5 Å². The summed E-state index contributed by atoms with van der Waals surface area (Å²) in [5.41, 5.74) is -0.174. The van der Waals surface area contributed by atoms with E-state index in [0.29, 0.717) is 24.4 Å². The van der Waals surface area contributed by atoms with E-state index in [2.05, 4.69) is 40.4 Å². The van der Waals surface area contributed by atoms with Gasteiger partial charge < -0.3 is 9.64 Å². The molecule has 2 saturated heterocycles. The lowest BCUT2D eigenvalue weighted by Crippen LogP contribution is -2.73. The molecule has 3 aliphatic rings. The molecule has 0 aromatic heterocycles. The van der Waals surface area contributed by atoms with E-state index < -0.39 is 35.1 Å². The van der Waals surface area contributed by atoms with Crippen LogP contribution in [0, 0.1) is 11.2 Å². The van der Waals surface area contributed by atoms with E-state index in [4.69, 9.17) is 4.74 Å². The number of nitrogens with zero attached hydrogens (tertiary/aromatic N) is 1. The fourth-order valence-electron chi connectivity index (χ4n) is 3.73. The molecule has 0 saturated carbocycles. The van der Waals surface area contributed by atoms with Gasteiger partial charge in [0.05, 0.1) is 23.7 Å². The van der Waals surface area contributed by atoms with Crippen LogP contribution in [0.1, 0.15) is 25.8 Å². The number of ether oxygens (including phenoxy) is 1. The zero-order chi connectivity index (χ0) is 19.8. The average Bonchev–Trinajstić information content (AvgIpc) is 2.62. The van der Waals surface area contributed by atoms with Gasteiger partial charge in [0.1, 0.15) is 5.82 Å². The minimum atomic E-state index is -1.49. The first-order chi connectivity index (χ1) is 12.8. The van der Waals surface area contributed by atoms with Crippen LogP contribution in [0.2, 0.25) is 0 Å². The second-order valence-electron chi connectivity index (χ2n) is 6.77. The van der Waals surface area contributed by atoms with Gasteiger partial charge in [0, 0.05) is 12.2 Å². The Morgan fingerprint density at radius 1 is 1.26 bits per heavy atom. The average molecular weight is 442 g/mol. The quantitative estimate of drug-likeness (QED) is 0.602. The SMILES string of the molecule is CCC.O=C1NC(=O)C2(Cc3cc(Br)c(F)cc3N3CCOCC32)C(=O)N1. The van der Waals surface area contributed by atoms with Gasteiger partial charge in [0.25, 0.3) is 0 Å². The summed E-state index contributed by atoms with van der Waals surface area (Å²) in [4.78, 5) is 38.6. The van der Waals surface area contributed by atoms with Gasteiger partial charge in [-0.25, -0.2) is 9.18 Å². The Labute approximate surface area is 164 Å². The number of hydrogen-bond acceptors (Lipinski definition) is 5. The monoisotopic (exact) mass is 441 g/mol. The second-order valence-corrected chi connectivity index (χ2v) is 7.63. The largest absolute Gasteiger partial charge is 0.377 e. The summed E-state index contributed by atoms with van der Waals surface area (Å²) >= 11 is 3.14. The molecule has 2 fully saturated rings. The fraction of sp³-hybridized carbons (Fsp3) is 0.500. The van der Waals surface area contributed by atoms with Gasteiger partial charge in [-0.3, -0.25) is 20.2 Å². The molecular weight excluding hydrogens is 421 g/mol. The third kappa shape index (κ3) is 3.23. The van der Waals surface area contributed by atoms with E-state index in [1.807, 2.05) is 4.90 Å². The molecule has 0 radical (unpaired) electrons. The summed E-state index contributed by atoms with van der Waals surface area (Å²) in [7, 11) is 0. The molecule has 146 valence electrons. The summed E-state index contributed by atoms with van der Waals surface area (Å²) in [6.45, 7) is 5.23. The summed E-state index contributed by atoms with van der Waals surface area (Å²) in [5, 5.41) is 4.36. The maximum atomic E-state index is 14.0. The minimum absolute atomic E-state index is 0.0662. The molecule has 3 heterocycles. The maximum Gasteiger partial charge on any atom is 0.328 e. The first-order valence-electron chi connectivity index (χ1n) is 8.84. The van der Waals surface area contributed by atoms with Crippen LogP contribution < -0.4 is 15.5 Å². The molecule has 2 N–H and O–H groups in total. The van der Waals surface area contributed by atoms with Crippen molar-refractivity contribution in [1.29, 1.82) is 0 Å². The Balaban J connectivity index is 0.000000659. The molecule has 7 nitrogen and oxygen atoms in total. The fourth-order valence-corrected chi connectivity index (χ4v) is 4.12. The van der Waals surface area contributed by atoms with E-state index in [-0.39, 0.29) is 17.5 Å². The lowest BCUT2D eigenvalue weighted by molar-refractivity contribution is -0.148. The number of hydrogen-bond donors (Lipinski definition) is 2. The van der Waals surface area contributed by atoms with Gasteiger partial charge in [-0.1, -0.05) is 20.3 Å². The highest BCUT2D eigenvalue weighted by atomic mass is 79.9. The Kier molecular flexibility index (Phi) is 5.53. The van der Waals surface area contributed by atoms with Crippen LogP contribution in [0.15, 0.2) is 16.6 Å². The second kappa shape index (κ2) is 7.55. The van der Waals surface area contributed by atoms with Gasteiger partial charge in [0.15, 0.2) is 5.41 Å². The molecule has 9 heteroatoms. The van der Waals surface area contributed by atoms with Crippen LogP contribution in [-0.4, -0.2) is 43.6 Å². The topological polar surface area (TPSA) is 87.7 Å². The number of nitrogens with one attached hydrogen (secondary N) is 2. The standard InChI is InChI=1S/C15H13BrFN3O4.C3H8/c16-8-3-7-5-15(12(21)18-14(23)19-13(15)22)11-6-24-2-1-20(11)10(7)4-9(8)17;1-3-2/h3-4,11H,1-2,5-6H2,(H2,18,19,21,22,23);3H2,1-2H3. The van der Waals surface area contributed by atoms with Crippen LogP contribution in [0.5, 0.6) is 0 Å². The number of carbonyl (C=O) groups is 3. The Morgan fingerprint density at radius 3 is 2.52 bits per heavy atom. The van der Waals surface area contributed by atoms with Gasteiger partial charge in [-0.05, 0) is 40.0 Å². The van der Waals surface area contributed by atoms with Gasteiger partial charge in [-0.2, -0.15) is 0 Å². The van der Waals surface area contributed by atoms with E-state index in [0.717, 1.165) is 0 Å². The third-order valence-electron chi connectivity index (χ3n) is 4.86. The molecule has 0 bridgehead atoms. The molecule has 4 rings (SSSR count). The maximum absolute atomic E-state index is 14.0. The summed E-state index contributed by atoms with van der Waals surface area (Å²) < 4.78 is 19.7. The third-order valence-corrected chi connectivity index (χ3v) is 5.47. The Bertz CT molecular complexity index is 781. The summed E-state index contributed by atoms with van der Waals surface area (Å²) in [6.07, 6.45) is 1.32. The molecule has 1 atom stereocenters. The number of carbonyl (C=O) groups excluding carboxylic acids is 3. The number of anilines is 1. The number of barbiturate groups is 1. The van der Waals surface area contributed by atoms with Crippen molar-refractivity contribution in [3.8, 4) is 0 Å². The van der Waals surface area contributed by atoms with Crippen molar-refractivity contribution in [1.82, 2.24) is 10.6 Å². The van der Waals surface area contributed by atoms with Crippen molar-refractivity contribution in [2.75, 3.05) is 24.7 Å². The van der Waals surface area contributed by atoms with Crippen molar-refractivity contribution in [3.05, 3.63) is 28.0 Å². The van der Waals surface area contributed by atoms with Crippen LogP contribution in [0.4, 0.5) is 14.9 Å². The van der Waals surface area contributed by atoms with E-state index in [1.165, 1.54) is 12.5 Å². The Morgan fingerprint density at radius 2 is 1.89 bits per heavy atom. The van der Waals surface area contributed by atoms with Gasteiger partial charge in [0.2, 0.25) is 11.8 Å². The number of amides is 4. The van der Waals surface area contributed by atoms with Gasteiger partial charge >= 0.3 is 6.03 Å². The molecule has 1 aromatic carbocycles. The number of urea groups is 1. The molecular formula is C18H21BrFN3O4. The van der Waals surface area contributed by atoms with Crippen LogP contribution >= 0.6 is 15.9 Å². The van der Waals surface area contributed by atoms with Gasteiger partial charge in [-0.15, -0.1) is 0 Å². The Hall–Kier alpha value is -2.00. The van der Waals surface area contributed by atoms with Crippen molar-refractivity contribution < 1.29 is 23.5 Å². The number of fused-ring (bicyclic) bond motifs is 4. The summed E-state index contributed by atoms with van der Waals surface area (Å²) in [5.74, 6) is -1.71. The van der Waals surface area contributed by atoms with E-state index in [9.17, 15) is 18.8 Å². The smallest absolute Gasteiger partial charge is 0.328 e. The number of imide groups is 2. The predicted octanol–water partition coefficient (Wildman–Crippen LogP) is 2.12. The molecule has 0 aliphatic carbocycles. The highest BCUT2D eigenvalue weighted by Gasteiger charge is 2.60. The first-order valence-corrected chi connectivity index (χ1v) is 9.63. The first kappa shape index (κ1) is 19.8. The molecule has 4 amide bonds. The van der Waals surface area contributed by atoms with Crippen molar-refractivity contribution in [2.24, 2.45) is 5.41 Å². The van der Waals surface area contributed by atoms with Crippen LogP contribution in [0.25, 0.3) is 0 Å². The number of halogens is 2. The van der Waals surface area contributed by atoms with Crippen LogP contribution in [0.3, 0.4) is 0 Å². The number of benzene rings is 1. The molecule has 1 aromatic rings. The minimum Gasteiger partial charge on any atom is -0.377 e. The highest BCUT2D eigenvalue weighted by Crippen LogP contribution is 2.45. The van der Waals surface area contributed by atoms with E-state index in [1.54, 1.807) is 6.07 Å². The number of rotatable bonds is 0. The number of morpholine rings is 1. The van der Waals surface area contributed by atoms with Crippen molar-refractivity contribution in [3.63, 3.8) is 0 Å². The lowest BCUT2D eigenvalue weighted by Gasteiger charge is -2.51. The lowest BCUT2D eigenvalue weighted by atomic mass is 9.68. The zero-order valence-electron chi connectivity index (χ0n) is 15.1. The predicted molar refractivity (Wildman–Crippen MR) is 99.8 cm³/mol. The normalized spacial score (nSPS) is 22.9. The molecule has 1 spiro atoms. The molecule has 1 unspecified atom stereocenters. The molecule has 3 aliphatic heterocycles. The van der Waals surface area contributed by atoms with E-state index >= 15 is 0 Å². The highest BCUT2D eigenvalue weighted by molar-refractivity contribution is 9.10. The summed E-state index contributed by atoms with van der Waals surface area (Å²) in [6, 6.07) is 1.54. The molecule has 27 heavy (non-hydrogen) atoms. The van der Waals surface area contributed by atoms with Crippen LogP contribution in [-0.2, 0) is 20.7 Å². The van der Waals surface area contributed by atoms with Crippen molar-refractivity contribution in [2.45, 2.75) is 32.7 Å². The zero-order valence-corrected chi connectivity index (χ0v) is 16.7.